The van der Waals surface area contributed by atoms with E-state index in [0.29, 0.717) is 32.5 Å². The molecule has 2 amide bonds. The number of methoxy groups -OCH3 is 1. The minimum absolute atomic E-state index is 0.103. The summed E-state index contributed by atoms with van der Waals surface area (Å²) in [7, 11) is 3.13. The summed E-state index contributed by atoms with van der Waals surface area (Å²) in [5.41, 5.74) is 2.56. The van der Waals surface area contributed by atoms with Gasteiger partial charge in [0.2, 0.25) is 5.91 Å². The van der Waals surface area contributed by atoms with Crippen LogP contribution in [-0.4, -0.2) is 49.3 Å². The third-order valence-corrected chi connectivity index (χ3v) is 7.02. The third kappa shape index (κ3) is 6.68. The first-order chi connectivity index (χ1) is 18.0. The molecule has 3 aromatic carbocycles. The molecule has 194 valence electrons. The van der Waals surface area contributed by atoms with E-state index in [1.54, 1.807) is 12.0 Å². The van der Waals surface area contributed by atoms with Crippen LogP contribution in [0.4, 0.5) is 4.79 Å². The zero-order chi connectivity index (χ0) is 26.1. The quantitative estimate of drug-likeness (QED) is 0.369. The molecule has 0 spiro atoms. The van der Waals surface area contributed by atoms with Crippen molar-refractivity contribution in [2.45, 2.75) is 37.8 Å². The average molecular weight is 503 g/mol. The summed E-state index contributed by atoms with van der Waals surface area (Å²) in [5, 5.41) is 1.40. The highest BCUT2D eigenvalue weighted by molar-refractivity contribution is 5.77. The molecule has 0 saturated carbocycles. The third-order valence-electron chi connectivity index (χ3n) is 7.02. The summed E-state index contributed by atoms with van der Waals surface area (Å²) in [6, 6.07) is 27.3. The predicted molar refractivity (Wildman–Crippen MR) is 141 cm³/mol. The Labute approximate surface area is 218 Å². The monoisotopic (exact) mass is 502 g/mol. The standard InChI is InChI=1S/C30H34N2O5/c1-35-27-15-9-12-25(20-27)22-32(36-2)28(33)21-30(26-13-7-4-8-14-26)16-18-31(19-17-30)29(34)37-23-24-10-5-3-6-11-24/h3-15,20H,16-19,21-23H2,1-2H3. The summed E-state index contributed by atoms with van der Waals surface area (Å²) in [5.74, 6) is 0.627. The number of carbonyl (C=O) groups is 2. The van der Waals surface area contributed by atoms with Gasteiger partial charge in [0.1, 0.15) is 12.4 Å². The minimum Gasteiger partial charge on any atom is -0.497 e. The first-order valence-corrected chi connectivity index (χ1v) is 12.5. The predicted octanol–water partition coefficient (Wildman–Crippen LogP) is 5.35. The number of hydrogen-bond acceptors (Lipinski definition) is 5. The molecule has 1 aliphatic heterocycles. The van der Waals surface area contributed by atoms with Gasteiger partial charge >= 0.3 is 6.09 Å². The van der Waals surface area contributed by atoms with Crippen molar-refractivity contribution in [3.8, 4) is 5.75 Å². The minimum atomic E-state index is -0.403. The highest BCUT2D eigenvalue weighted by Crippen LogP contribution is 2.39. The van der Waals surface area contributed by atoms with Gasteiger partial charge in [-0.3, -0.25) is 9.63 Å². The van der Waals surface area contributed by atoms with Crippen LogP contribution >= 0.6 is 0 Å². The van der Waals surface area contributed by atoms with Gasteiger partial charge < -0.3 is 14.4 Å². The number of rotatable bonds is 9. The van der Waals surface area contributed by atoms with Crippen molar-refractivity contribution in [3.05, 3.63) is 102 Å². The van der Waals surface area contributed by atoms with E-state index in [1.165, 1.54) is 12.2 Å². The maximum absolute atomic E-state index is 13.5. The van der Waals surface area contributed by atoms with Crippen LogP contribution in [0, 0.1) is 0 Å². The van der Waals surface area contributed by atoms with E-state index in [-0.39, 0.29) is 25.0 Å². The maximum Gasteiger partial charge on any atom is 0.410 e. The van der Waals surface area contributed by atoms with Gasteiger partial charge in [-0.1, -0.05) is 72.8 Å². The second-order valence-corrected chi connectivity index (χ2v) is 9.31. The van der Waals surface area contributed by atoms with Gasteiger partial charge in [0.25, 0.3) is 0 Å². The molecule has 0 aromatic heterocycles. The van der Waals surface area contributed by atoms with Gasteiger partial charge in [-0.2, -0.15) is 0 Å². The molecule has 0 unspecified atom stereocenters. The molecule has 37 heavy (non-hydrogen) atoms. The van der Waals surface area contributed by atoms with E-state index in [4.69, 9.17) is 14.3 Å². The fraction of sp³-hybridized carbons (Fsp3) is 0.333. The first kappa shape index (κ1) is 26.2. The van der Waals surface area contributed by atoms with Gasteiger partial charge in [0, 0.05) is 24.9 Å². The number of hydroxylamine groups is 2. The largest absolute Gasteiger partial charge is 0.497 e. The molecular weight excluding hydrogens is 468 g/mol. The number of hydrogen-bond donors (Lipinski definition) is 0. The van der Waals surface area contributed by atoms with Crippen molar-refractivity contribution in [2.24, 2.45) is 0 Å². The van der Waals surface area contributed by atoms with Crippen LogP contribution in [0.3, 0.4) is 0 Å². The second-order valence-electron chi connectivity index (χ2n) is 9.31. The van der Waals surface area contributed by atoms with Crippen LogP contribution in [-0.2, 0) is 32.9 Å². The Morgan fingerprint density at radius 3 is 2.16 bits per heavy atom. The van der Waals surface area contributed by atoms with E-state index in [2.05, 4.69) is 12.1 Å². The smallest absolute Gasteiger partial charge is 0.410 e. The Balaban J connectivity index is 1.44. The van der Waals surface area contributed by atoms with Gasteiger partial charge in [-0.05, 0) is 41.7 Å². The van der Waals surface area contributed by atoms with Crippen LogP contribution in [0.5, 0.6) is 5.75 Å². The molecule has 4 rings (SSSR count). The number of nitrogens with zero attached hydrogens (tertiary/aromatic N) is 2. The highest BCUT2D eigenvalue weighted by Gasteiger charge is 2.40. The molecule has 0 N–H and O–H groups in total. The van der Waals surface area contributed by atoms with E-state index >= 15 is 0 Å². The van der Waals surface area contributed by atoms with Gasteiger partial charge in [0.15, 0.2) is 0 Å². The molecule has 1 saturated heterocycles. The number of likely N-dealkylation sites (tertiary alicyclic amines) is 1. The van der Waals surface area contributed by atoms with Crippen molar-refractivity contribution >= 4 is 12.0 Å². The normalized spacial score (nSPS) is 14.6. The van der Waals surface area contributed by atoms with Crippen molar-refractivity contribution in [1.82, 2.24) is 9.96 Å². The van der Waals surface area contributed by atoms with Crippen molar-refractivity contribution in [1.29, 1.82) is 0 Å². The molecule has 0 aliphatic carbocycles. The Kier molecular flexibility index (Phi) is 8.80. The summed E-state index contributed by atoms with van der Waals surface area (Å²) in [6.45, 7) is 1.58. The van der Waals surface area contributed by atoms with E-state index in [9.17, 15) is 9.59 Å². The molecule has 0 bridgehead atoms. The summed E-state index contributed by atoms with van der Waals surface area (Å²) in [6.07, 6.45) is 1.26. The number of carbonyl (C=O) groups excluding carboxylic acids is 2. The van der Waals surface area contributed by atoms with Gasteiger partial charge in [0.05, 0.1) is 20.8 Å². The summed E-state index contributed by atoms with van der Waals surface area (Å²) < 4.78 is 10.9. The Morgan fingerprint density at radius 1 is 0.865 bits per heavy atom. The fourth-order valence-electron chi connectivity index (χ4n) is 4.86. The number of ether oxygens (including phenoxy) is 2. The SMILES string of the molecule is COc1cccc(CN(OC)C(=O)CC2(c3ccccc3)CCN(C(=O)OCc3ccccc3)CC2)c1. The average Bonchev–Trinajstić information content (AvgIpc) is 2.96. The first-order valence-electron chi connectivity index (χ1n) is 12.5. The topological polar surface area (TPSA) is 68.3 Å². The maximum atomic E-state index is 13.5. The molecular formula is C30H34N2O5. The Morgan fingerprint density at radius 2 is 1.51 bits per heavy atom. The van der Waals surface area contributed by atoms with Crippen molar-refractivity contribution in [2.75, 3.05) is 27.3 Å². The lowest BCUT2D eigenvalue weighted by molar-refractivity contribution is -0.181. The molecule has 1 aliphatic rings. The Bertz CT molecular complexity index is 1160. The fourth-order valence-corrected chi connectivity index (χ4v) is 4.86. The van der Waals surface area contributed by atoms with Gasteiger partial charge in [-0.25, -0.2) is 9.86 Å². The molecule has 0 radical (unpaired) electrons. The summed E-state index contributed by atoms with van der Waals surface area (Å²) in [4.78, 5) is 33.5. The van der Waals surface area contributed by atoms with Crippen LogP contribution in [0.15, 0.2) is 84.9 Å². The van der Waals surface area contributed by atoms with Crippen LogP contribution in [0.2, 0.25) is 0 Å². The van der Waals surface area contributed by atoms with Crippen LogP contribution in [0.1, 0.15) is 36.0 Å². The van der Waals surface area contributed by atoms with Crippen molar-refractivity contribution < 1.29 is 23.9 Å². The zero-order valence-corrected chi connectivity index (χ0v) is 21.5. The molecule has 1 fully saturated rings. The highest BCUT2D eigenvalue weighted by atomic mass is 16.7. The molecule has 1 heterocycles. The lowest BCUT2D eigenvalue weighted by Gasteiger charge is -2.42. The van der Waals surface area contributed by atoms with Gasteiger partial charge in [-0.15, -0.1) is 0 Å². The molecule has 3 aromatic rings. The second kappa shape index (κ2) is 12.4. The molecule has 0 atom stereocenters. The zero-order valence-electron chi connectivity index (χ0n) is 21.5. The lowest BCUT2D eigenvalue weighted by atomic mass is 9.70. The lowest BCUT2D eigenvalue weighted by Crippen LogP contribution is -2.47. The van der Waals surface area contributed by atoms with Crippen molar-refractivity contribution in [3.63, 3.8) is 0 Å². The van der Waals surface area contributed by atoms with Crippen LogP contribution in [0.25, 0.3) is 0 Å². The van der Waals surface area contributed by atoms with E-state index < -0.39 is 5.41 Å². The van der Waals surface area contributed by atoms with E-state index in [0.717, 1.165) is 22.4 Å². The van der Waals surface area contributed by atoms with Crippen LogP contribution < -0.4 is 4.74 Å². The number of benzene rings is 3. The molecule has 7 nitrogen and oxygen atoms in total. The van der Waals surface area contributed by atoms with E-state index in [1.807, 2.05) is 72.8 Å². The number of amides is 2. The number of piperidine rings is 1. The summed E-state index contributed by atoms with van der Waals surface area (Å²) >= 11 is 0. The molecule has 7 heteroatoms. The Hall–Kier alpha value is -3.84.